The van der Waals surface area contributed by atoms with Gasteiger partial charge < -0.3 is 18.8 Å². The van der Waals surface area contributed by atoms with Gasteiger partial charge in [-0.25, -0.2) is 0 Å². The van der Waals surface area contributed by atoms with Crippen LogP contribution in [0.3, 0.4) is 0 Å². The molecular formula is C24H16INO5. The number of rotatable bonds is 5. The lowest BCUT2D eigenvalue weighted by Crippen LogP contribution is -2.30. The van der Waals surface area contributed by atoms with Crippen LogP contribution in [0.1, 0.15) is 27.9 Å². The fourth-order valence-corrected chi connectivity index (χ4v) is 4.20. The quantitative estimate of drug-likeness (QED) is 0.279. The molecule has 2 aromatic heterocycles. The van der Waals surface area contributed by atoms with Gasteiger partial charge in [0.1, 0.15) is 11.3 Å². The maximum absolute atomic E-state index is 13.5. The summed E-state index contributed by atoms with van der Waals surface area (Å²) in [5.41, 5.74) is 1.27. The van der Waals surface area contributed by atoms with Crippen LogP contribution in [0.2, 0.25) is 0 Å². The molecule has 1 amide bonds. The maximum atomic E-state index is 13.5. The topological polar surface area (TPSA) is 83.9 Å². The summed E-state index contributed by atoms with van der Waals surface area (Å²) in [6.45, 7) is 0.115. The Morgan fingerprint density at radius 1 is 1.06 bits per heavy atom. The van der Waals surface area contributed by atoms with Crippen LogP contribution in [0.5, 0.6) is 0 Å². The fourth-order valence-electron chi connectivity index (χ4n) is 3.84. The van der Waals surface area contributed by atoms with Crippen molar-refractivity contribution in [3.05, 3.63) is 105 Å². The minimum absolute atomic E-state index is 0.00294. The Morgan fingerprint density at radius 2 is 1.84 bits per heavy atom. The summed E-state index contributed by atoms with van der Waals surface area (Å²) >= 11 is 2.19. The van der Waals surface area contributed by atoms with Crippen LogP contribution in [0, 0.1) is 3.57 Å². The van der Waals surface area contributed by atoms with Gasteiger partial charge in [0.05, 0.1) is 24.4 Å². The van der Waals surface area contributed by atoms with Gasteiger partial charge in [-0.3, -0.25) is 9.59 Å². The highest BCUT2D eigenvalue weighted by Gasteiger charge is 2.44. The number of ketones is 1. The summed E-state index contributed by atoms with van der Waals surface area (Å²) in [5, 5.41) is 11.5. The minimum atomic E-state index is -0.768. The second-order valence-electron chi connectivity index (χ2n) is 7.21. The molecule has 1 unspecified atom stereocenters. The Labute approximate surface area is 190 Å². The molecule has 0 saturated carbocycles. The number of carbonyl (C=O) groups is 2. The van der Waals surface area contributed by atoms with Crippen LogP contribution < -0.4 is 0 Å². The average Bonchev–Trinajstić information content (AvgIpc) is 3.49. The Morgan fingerprint density at radius 3 is 2.55 bits per heavy atom. The van der Waals surface area contributed by atoms with Gasteiger partial charge in [0, 0.05) is 8.96 Å². The molecule has 6 nitrogen and oxygen atoms in total. The van der Waals surface area contributed by atoms with Crippen molar-refractivity contribution in [3.63, 3.8) is 0 Å². The summed E-state index contributed by atoms with van der Waals surface area (Å²) in [6.07, 6.45) is 1.52. The van der Waals surface area contributed by atoms with Crippen molar-refractivity contribution in [2.45, 2.75) is 12.6 Å². The van der Waals surface area contributed by atoms with E-state index in [1.54, 1.807) is 24.3 Å². The first-order valence-electron chi connectivity index (χ1n) is 9.58. The lowest BCUT2D eigenvalue weighted by atomic mass is 9.95. The smallest absolute Gasteiger partial charge is 0.290 e. The van der Waals surface area contributed by atoms with Crippen LogP contribution in [0.15, 0.2) is 93.2 Å². The highest BCUT2D eigenvalue weighted by atomic mass is 127. The van der Waals surface area contributed by atoms with E-state index in [1.165, 1.54) is 11.2 Å². The third-order valence-corrected chi connectivity index (χ3v) is 6.01. The summed E-state index contributed by atoms with van der Waals surface area (Å²) in [5.74, 6) is -1.09. The molecule has 1 aliphatic heterocycles. The molecule has 0 saturated heterocycles. The molecule has 2 aromatic carbocycles. The van der Waals surface area contributed by atoms with Gasteiger partial charge in [-0.15, -0.1) is 0 Å². The number of para-hydroxylation sites is 1. The van der Waals surface area contributed by atoms with Gasteiger partial charge in [-0.2, -0.15) is 0 Å². The SMILES string of the molecule is O=C(C1=C(O)C(=O)N(Cc2ccco2)C1c1ccc(I)cc1)c1cc2ccccc2o1. The molecule has 1 aliphatic rings. The number of benzene rings is 2. The normalized spacial score (nSPS) is 16.5. The van der Waals surface area contributed by atoms with E-state index in [0.29, 0.717) is 16.9 Å². The zero-order chi connectivity index (χ0) is 21.5. The van der Waals surface area contributed by atoms with Gasteiger partial charge in [0.15, 0.2) is 11.5 Å². The van der Waals surface area contributed by atoms with Gasteiger partial charge in [0.25, 0.3) is 5.91 Å². The lowest BCUT2D eigenvalue weighted by molar-refractivity contribution is -0.130. The molecule has 0 spiro atoms. The van der Waals surface area contributed by atoms with E-state index < -0.39 is 23.5 Å². The van der Waals surface area contributed by atoms with E-state index in [4.69, 9.17) is 8.83 Å². The number of carbonyl (C=O) groups excluding carboxylic acids is 2. The Kier molecular flexibility index (Phi) is 4.90. The molecule has 7 heteroatoms. The molecule has 0 aliphatic carbocycles. The van der Waals surface area contributed by atoms with E-state index in [9.17, 15) is 14.7 Å². The highest BCUT2D eigenvalue weighted by Crippen LogP contribution is 2.40. The predicted molar refractivity (Wildman–Crippen MR) is 121 cm³/mol. The third kappa shape index (κ3) is 3.44. The van der Waals surface area contributed by atoms with Crippen molar-refractivity contribution in [2.75, 3.05) is 0 Å². The molecular weight excluding hydrogens is 509 g/mol. The predicted octanol–water partition coefficient (Wildman–Crippen LogP) is 5.41. The Balaban J connectivity index is 1.61. The second-order valence-corrected chi connectivity index (χ2v) is 8.45. The minimum Gasteiger partial charge on any atom is -0.503 e. The number of fused-ring (bicyclic) bond motifs is 1. The first-order valence-corrected chi connectivity index (χ1v) is 10.7. The van der Waals surface area contributed by atoms with Gasteiger partial charge in [0.2, 0.25) is 5.78 Å². The maximum Gasteiger partial charge on any atom is 0.290 e. The van der Waals surface area contributed by atoms with Crippen molar-refractivity contribution in [2.24, 2.45) is 0 Å². The standard InChI is InChI=1S/C24H16INO5/c25-16-9-7-14(8-10-16)21-20(22(27)19-12-15-4-1-2-6-18(15)31-19)23(28)24(29)26(21)13-17-5-3-11-30-17/h1-12,21,28H,13H2. The summed E-state index contributed by atoms with van der Waals surface area (Å²) in [6, 6.07) is 19.1. The highest BCUT2D eigenvalue weighted by molar-refractivity contribution is 14.1. The van der Waals surface area contributed by atoms with E-state index in [1.807, 2.05) is 42.5 Å². The lowest BCUT2D eigenvalue weighted by Gasteiger charge is -2.25. The fraction of sp³-hybridized carbons (Fsp3) is 0.0833. The summed E-state index contributed by atoms with van der Waals surface area (Å²) in [4.78, 5) is 27.9. The summed E-state index contributed by atoms with van der Waals surface area (Å²) < 4.78 is 12.1. The number of halogens is 1. The van der Waals surface area contributed by atoms with Crippen molar-refractivity contribution in [3.8, 4) is 0 Å². The molecule has 1 atom stereocenters. The zero-order valence-corrected chi connectivity index (χ0v) is 18.3. The molecule has 3 heterocycles. The first-order chi connectivity index (χ1) is 15.0. The monoisotopic (exact) mass is 525 g/mol. The first kappa shape index (κ1) is 19.6. The number of nitrogens with zero attached hydrogens (tertiary/aromatic N) is 1. The number of hydrogen-bond acceptors (Lipinski definition) is 5. The van der Waals surface area contributed by atoms with Crippen molar-refractivity contribution < 1.29 is 23.5 Å². The van der Waals surface area contributed by atoms with Crippen LogP contribution in [0.25, 0.3) is 11.0 Å². The number of Topliss-reactive ketones (excluding diaryl/α,β-unsaturated/α-hetero) is 1. The van der Waals surface area contributed by atoms with Crippen LogP contribution in [-0.2, 0) is 11.3 Å². The number of aliphatic hydroxyl groups excluding tert-OH is 1. The number of amides is 1. The average molecular weight is 525 g/mol. The van der Waals surface area contributed by atoms with Crippen molar-refractivity contribution in [1.29, 1.82) is 0 Å². The molecule has 154 valence electrons. The third-order valence-electron chi connectivity index (χ3n) is 5.29. The van der Waals surface area contributed by atoms with Crippen LogP contribution in [0.4, 0.5) is 0 Å². The van der Waals surface area contributed by atoms with Gasteiger partial charge >= 0.3 is 0 Å². The number of hydrogen-bond donors (Lipinski definition) is 1. The molecule has 0 bridgehead atoms. The van der Waals surface area contributed by atoms with E-state index in [0.717, 1.165) is 8.96 Å². The second kappa shape index (κ2) is 7.73. The van der Waals surface area contributed by atoms with E-state index in [-0.39, 0.29) is 17.9 Å². The Hall–Kier alpha value is -3.33. The molecule has 31 heavy (non-hydrogen) atoms. The van der Waals surface area contributed by atoms with Crippen LogP contribution >= 0.6 is 22.6 Å². The van der Waals surface area contributed by atoms with Crippen LogP contribution in [-0.4, -0.2) is 21.7 Å². The van der Waals surface area contributed by atoms with Gasteiger partial charge in [-0.05, 0) is 64.6 Å². The number of aliphatic hydroxyl groups is 1. The largest absolute Gasteiger partial charge is 0.503 e. The molecule has 4 aromatic rings. The zero-order valence-electron chi connectivity index (χ0n) is 16.1. The van der Waals surface area contributed by atoms with Crippen molar-refractivity contribution in [1.82, 2.24) is 4.90 Å². The molecule has 0 radical (unpaired) electrons. The molecule has 1 N–H and O–H groups in total. The number of furan rings is 2. The Bertz CT molecular complexity index is 1280. The molecule has 5 rings (SSSR count). The van der Waals surface area contributed by atoms with Crippen molar-refractivity contribution >= 4 is 45.3 Å². The van der Waals surface area contributed by atoms with E-state index in [2.05, 4.69) is 22.6 Å². The molecule has 0 fully saturated rings. The van der Waals surface area contributed by atoms with Gasteiger partial charge in [-0.1, -0.05) is 30.3 Å². The summed E-state index contributed by atoms with van der Waals surface area (Å²) in [7, 11) is 0. The van der Waals surface area contributed by atoms with E-state index >= 15 is 0 Å².